The van der Waals surface area contributed by atoms with Crippen molar-refractivity contribution in [1.29, 1.82) is 0 Å². The van der Waals surface area contributed by atoms with E-state index in [-0.39, 0.29) is 17.7 Å². The normalized spacial score (nSPS) is 11.7. The van der Waals surface area contributed by atoms with E-state index in [1.54, 1.807) is 37.3 Å². The number of thiophene rings is 1. The van der Waals surface area contributed by atoms with Crippen LogP contribution < -0.4 is 10.0 Å². The summed E-state index contributed by atoms with van der Waals surface area (Å²) in [4.78, 5) is 14.4. The zero-order valence-electron chi connectivity index (χ0n) is 14.9. The third kappa shape index (κ3) is 5.66. The molecule has 1 heterocycles. The van der Waals surface area contributed by atoms with Crippen LogP contribution in [-0.2, 0) is 22.3 Å². The minimum absolute atomic E-state index is 0.103. The van der Waals surface area contributed by atoms with Crippen LogP contribution in [0.1, 0.15) is 45.1 Å². The van der Waals surface area contributed by atoms with Crippen LogP contribution in [0.5, 0.6) is 0 Å². The van der Waals surface area contributed by atoms with Crippen molar-refractivity contribution in [3.63, 3.8) is 0 Å². The molecular formula is C18H24N2O3S2. The third-order valence-corrected chi connectivity index (χ3v) is 6.09. The Hall–Kier alpha value is -1.70. The summed E-state index contributed by atoms with van der Waals surface area (Å²) in [6.07, 6.45) is 0. The van der Waals surface area contributed by atoms with Gasteiger partial charge in [0.05, 0.1) is 11.3 Å². The molecule has 2 N–H and O–H groups in total. The van der Waals surface area contributed by atoms with Crippen LogP contribution >= 0.6 is 11.3 Å². The summed E-state index contributed by atoms with van der Waals surface area (Å²) in [6, 6.07) is 8.98. The maximum Gasteiger partial charge on any atom is 0.252 e. The smallest absolute Gasteiger partial charge is 0.252 e. The van der Waals surface area contributed by atoms with Gasteiger partial charge in [-0.3, -0.25) is 4.79 Å². The number of aryl methyl sites for hydroxylation is 2. The second-order valence-corrected chi connectivity index (χ2v) is 9.52. The number of amides is 1. The Bertz CT molecular complexity index is 855. The summed E-state index contributed by atoms with van der Waals surface area (Å²) in [5.41, 5.74) is 2.16. The first kappa shape index (κ1) is 19.6. The lowest BCUT2D eigenvalue weighted by atomic mass is 10.1. The molecule has 0 aliphatic heterocycles. The highest BCUT2D eigenvalue weighted by molar-refractivity contribution is 7.88. The highest BCUT2D eigenvalue weighted by Crippen LogP contribution is 2.20. The zero-order valence-corrected chi connectivity index (χ0v) is 16.6. The highest BCUT2D eigenvalue weighted by atomic mass is 32.2. The van der Waals surface area contributed by atoms with Gasteiger partial charge in [-0.05, 0) is 44.9 Å². The number of nitrogens with one attached hydrogen (secondary N) is 2. The molecule has 0 saturated carbocycles. The second-order valence-electron chi connectivity index (χ2n) is 6.31. The fourth-order valence-electron chi connectivity index (χ4n) is 2.60. The lowest BCUT2D eigenvalue weighted by Gasteiger charge is -2.13. The number of hydrogen-bond donors (Lipinski definition) is 2. The van der Waals surface area contributed by atoms with E-state index in [2.05, 4.69) is 10.0 Å². The van der Waals surface area contributed by atoms with Crippen LogP contribution in [0.2, 0.25) is 0 Å². The molecule has 136 valence electrons. The van der Waals surface area contributed by atoms with E-state index in [1.165, 1.54) is 0 Å². The maximum absolute atomic E-state index is 12.4. The fraction of sp³-hybridized carbons (Fsp3) is 0.389. The molecule has 0 unspecified atom stereocenters. The van der Waals surface area contributed by atoms with Crippen molar-refractivity contribution >= 4 is 27.3 Å². The molecule has 0 spiro atoms. The monoisotopic (exact) mass is 380 g/mol. The molecule has 7 heteroatoms. The Morgan fingerprint density at radius 1 is 1.16 bits per heavy atom. The number of hydrogen-bond acceptors (Lipinski definition) is 4. The van der Waals surface area contributed by atoms with E-state index in [0.717, 1.165) is 15.3 Å². The number of carbonyl (C=O) groups excluding carboxylic acids is 1. The molecule has 25 heavy (non-hydrogen) atoms. The standard InChI is InChI=1S/C18H24N2O3S2/c1-12(2)20-25(22,23)11-16-8-6-5-7-15(16)10-19-18(21)17-9-13(3)24-14(17)4/h5-9,12,20H,10-11H2,1-4H3,(H,19,21). The summed E-state index contributed by atoms with van der Waals surface area (Å²) < 4.78 is 26.9. The number of benzene rings is 1. The van der Waals surface area contributed by atoms with Crippen molar-refractivity contribution in [2.45, 2.75) is 46.0 Å². The minimum atomic E-state index is -3.41. The molecule has 0 atom stereocenters. The van der Waals surface area contributed by atoms with Crippen LogP contribution in [0.3, 0.4) is 0 Å². The molecule has 2 aromatic rings. The topological polar surface area (TPSA) is 75.3 Å². The summed E-state index contributed by atoms with van der Waals surface area (Å²) in [6.45, 7) is 7.76. The summed E-state index contributed by atoms with van der Waals surface area (Å²) in [5.74, 6) is -0.242. The molecule has 5 nitrogen and oxygen atoms in total. The SMILES string of the molecule is Cc1cc(C(=O)NCc2ccccc2CS(=O)(=O)NC(C)C)c(C)s1. The molecule has 0 aliphatic carbocycles. The summed E-state index contributed by atoms with van der Waals surface area (Å²) >= 11 is 1.59. The van der Waals surface area contributed by atoms with Gasteiger partial charge in [0.1, 0.15) is 0 Å². The Kier molecular flexibility index (Phi) is 6.37. The van der Waals surface area contributed by atoms with Crippen molar-refractivity contribution in [2.24, 2.45) is 0 Å². The molecule has 2 rings (SSSR count). The molecule has 1 aromatic carbocycles. The lowest BCUT2D eigenvalue weighted by molar-refractivity contribution is 0.0950. The van der Waals surface area contributed by atoms with Gasteiger partial charge in [-0.2, -0.15) is 0 Å². The van der Waals surface area contributed by atoms with Crippen molar-refractivity contribution < 1.29 is 13.2 Å². The van der Waals surface area contributed by atoms with Crippen LogP contribution in [0, 0.1) is 13.8 Å². The van der Waals surface area contributed by atoms with Crippen molar-refractivity contribution in [3.05, 3.63) is 56.8 Å². The molecular weight excluding hydrogens is 356 g/mol. The largest absolute Gasteiger partial charge is 0.348 e. The minimum Gasteiger partial charge on any atom is -0.348 e. The third-order valence-electron chi connectivity index (χ3n) is 3.60. The Morgan fingerprint density at radius 3 is 2.36 bits per heavy atom. The van der Waals surface area contributed by atoms with Gasteiger partial charge < -0.3 is 5.32 Å². The van der Waals surface area contributed by atoms with E-state index in [1.807, 2.05) is 32.0 Å². The van der Waals surface area contributed by atoms with Gasteiger partial charge in [0.25, 0.3) is 5.91 Å². The van der Waals surface area contributed by atoms with Crippen LogP contribution in [-0.4, -0.2) is 20.4 Å². The van der Waals surface area contributed by atoms with Crippen LogP contribution in [0.15, 0.2) is 30.3 Å². The molecule has 1 amide bonds. The molecule has 0 saturated heterocycles. The van der Waals surface area contributed by atoms with Gasteiger partial charge in [0, 0.05) is 22.3 Å². The first-order chi connectivity index (χ1) is 11.7. The number of carbonyl (C=O) groups is 1. The van der Waals surface area contributed by atoms with E-state index in [4.69, 9.17) is 0 Å². The second kappa shape index (κ2) is 8.12. The first-order valence-corrected chi connectivity index (χ1v) is 10.6. The summed E-state index contributed by atoms with van der Waals surface area (Å²) in [7, 11) is -3.41. The average Bonchev–Trinajstić information content (AvgIpc) is 2.83. The number of rotatable bonds is 7. The van der Waals surface area contributed by atoms with Crippen molar-refractivity contribution in [2.75, 3.05) is 0 Å². The first-order valence-electron chi connectivity index (χ1n) is 8.10. The van der Waals surface area contributed by atoms with Crippen molar-refractivity contribution in [1.82, 2.24) is 10.0 Å². The van der Waals surface area contributed by atoms with Gasteiger partial charge in [-0.1, -0.05) is 24.3 Å². The van der Waals surface area contributed by atoms with E-state index in [9.17, 15) is 13.2 Å². The lowest BCUT2D eigenvalue weighted by Crippen LogP contribution is -2.32. The molecule has 0 radical (unpaired) electrons. The Labute approximate surface area is 153 Å². The maximum atomic E-state index is 12.4. The predicted octanol–water partition coefficient (Wildman–Crippen LogP) is 3.12. The van der Waals surface area contributed by atoms with E-state index in [0.29, 0.717) is 17.7 Å². The Morgan fingerprint density at radius 2 is 1.80 bits per heavy atom. The van der Waals surface area contributed by atoms with E-state index >= 15 is 0 Å². The van der Waals surface area contributed by atoms with Gasteiger partial charge >= 0.3 is 0 Å². The number of sulfonamides is 1. The van der Waals surface area contributed by atoms with Gasteiger partial charge in [-0.25, -0.2) is 13.1 Å². The molecule has 0 bridgehead atoms. The molecule has 0 fully saturated rings. The molecule has 1 aromatic heterocycles. The van der Waals surface area contributed by atoms with Gasteiger partial charge in [0.15, 0.2) is 0 Å². The van der Waals surface area contributed by atoms with Crippen molar-refractivity contribution in [3.8, 4) is 0 Å². The van der Waals surface area contributed by atoms with Gasteiger partial charge in [0.2, 0.25) is 10.0 Å². The zero-order chi connectivity index (χ0) is 18.6. The highest BCUT2D eigenvalue weighted by Gasteiger charge is 2.16. The Balaban J connectivity index is 2.10. The predicted molar refractivity (Wildman–Crippen MR) is 102 cm³/mol. The van der Waals surface area contributed by atoms with Gasteiger partial charge in [-0.15, -0.1) is 11.3 Å². The van der Waals surface area contributed by atoms with Crippen LogP contribution in [0.4, 0.5) is 0 Å². The molecule has 0 aliphatic rings. The fourth-order valence-corrected chi connectivity index (χ4v) is 5.02. The quantitative estimate of drug-likeness (QED) is 0.775. The summed E-state index contributed by atoms with van der Waals surface area (Å²) in [5, 5.41) is 2.89. The van der Waals surface area contributed by atoms with E-state index < -0.39 is 10.0 Å². The van der Waals surface area contributed by atoms with Crippen LogP contribution in [0.25, 0.3) is 0 Å². The average molecular weight is 381 g/mol.